The molecule has 0 unspecified atom stereocenters. The summed E-state index contributed by atoms with van der Waals surface area (Å²) < 4.78 is 31.3. The van der Waals surface area contributed by atoms with Crippen LogP contribution in [0.25, 0.3) is 0 Å². The van der Waals surface area contributed by atoms with Gasteiger partial charge in [0.15, 0.2) is 0 Å². The van der Waals surface area contributed by atoms with E-state index in [1.807, 2.05) is 13.8 Å². The second-order valence-electron chi connectivity index (χ2n) is 4.87. The van der Waals surface area contributed by atoms with E-state index < -0.39 is 10.0 Å². The Morgan fingerprint density at radius 3 is 2.61 bits per heavy atom. The minimum absolute atomic E-state index is 0.0601. The number of nitrogens with zero attached hydrogens (tertiary/aromatic N) is 1. The third-order valence-electron chi connectivity index (χ3n) is 2.98. The van der Waals surface area contributed by atoms with Gasteiger partial charge in [-0.15, -0.1) is 0 Å². The fourth-order valence-electron chi connectivity index (χ4n) is 1.95. The molecular weight excluding hydrogens is 252 g/mol. The molecule has 0 amide bonds. The average molecular weight is 272 g/mol. The van der Waals surface area contributed by atoms with Gasteiger partial charge in [-0.25, -0.2) is 8.42 Å². The van der Waals surface area contributed by atoms with Crippen molar-refractivity contribution in [3.63, 3.8) is 0 Å². The van der Waals surface area contributed by atoms with Crippen LogP contribution in [0, 0.1) is 0 Å². The second-order valence-corrected chi connectivity index (χ2v) is 6.74. The topological polar surface area (TPSA) is 62.6 Å². The van der Waals surface area contributed by atoms with Crippen LogP contribution in [0.5, 0.6) is 0 Å². The quantitative estimate of drug-likeness (QED) is 0.883. The first-order valence-electron chi connectivity index (χ1n) is 6.32. The van der Waals surface area contributed by atoms with Gasteiger partial charge >= 0.3 is 0 Å². The van der Waals surface area contributed by atoms with Crippen LogP contribution in [0.15, 0.2) is 21.6 Å². The standard InChI is InChI=1S/C12H20N2O3S/c1-10(2)13-9-11-5-6-12(17-11)18(15,16)14-7-3-4-8-14/h5-6,10,13H,3-4,7-9H2,1-2H3. The highest BCUT2D eigenvalue weighted by molar-refractivity contribution is 7.89. The van der Waals surface area contributed by atoms with Crippen LogP contribution in [-0.4, -0.2) is 31.9 Å². The molecule has 0 aliphatic carbocycles. The molecule has 18 heavy (non-hydrogen) atoms. The number of rotatable bonds is 5. The smallest absolute Gasteiger partial charge is 0.276 e. The van der Waals surface area contributed by atoms with Crippen LogP contribution in [0.1, 0.15) is 32.4 Å². The summed E-state index contributed by atoms with van der Waals surface area (Å²) in [4.78, 5) is 0. The van der Waals surface area contributed by atoms with E-state index in [-0.39, 0.29) is 5.09 Å². The van der Waals surface area contributed by atoms with Crippen LogP contribution in [0.4, 0.5) is 0 Å². The summed E-state index contributed by atoms with van der Waals surface area (Å²) in [6, 6.07) is 3.61. The molecule has 2 heterocycles. The van der Waals surface area contributed by atoms with Crippen LogP contribution in [0.2, 0.25) is 0 Å². The van der Waals surface area contributed by atoms with Gasteiger partial charge in [-0.2, -0.15) is 4.31 Å². The molecule has 0 spiro atoms. The number of hydrogen-bond acceptors (Lipinski definition) is 4. The SMILES string of the molecule is CC(C)NCc1ccc(S(=O)(=O)N2CCCC2)o1. The Hall–Kier alpha value is -0.850. The lowest BCUT2D eigenvalue weighted by atomic mass is 10.3. The summed E-state index contributed by atoms with van der Waals surface area (Å²) in [5, 5.41) is 3.25. The van der Waals surface area contributed by atoms with Gasteiger partial charge in [0.05, 0.1) is 6.54 Å². The number of nitrogens with one attached hydrogen (secondary N) is 1. The molecule has 0 atom stereocenters. The summed E-state index contributed by atoms with van der Waals surface area (Å²) >= 11 is 0. The summed E-state index contributed by atoms with van der Waals surface area (Å²) in [7, 11) is -3.42. The average Bonchev–Trinajstić information content (AvgIpc) is 2.98. The highest BCUT2D eigenvalue weighted by atomic mass is 32.2. The molecule has 1 fully saturated rings. The molecule has 1 N–H and O–H groups in total. The second kappa shape index (κ2) is 5.42. The molecule has 1 aromatic rings. The van der Waals surface area contributed by atoms with E-state index in [0.29, 0.717) is 31.4 Å². The molecule has 1 aliphatic heterocycles. The molecule has 1 aliphatic rings. The molecule has 1 aromatic heterocycles. The lowest BCUT2D eigenvalue weighted by molar-refractivity contribution is 0.377. The van der Waals surface area contributed by atoms with Crippen molar-refractivity contribution in [2.75, 3.05) is 13.1 Å². The van der Waals surface area contributed by atoms with E-state index in [1.54, 1.807) is 12.1 Å². The third kappa shape index (κ3) is 2.93. The van der Waals surface area contributed by atoms with E-state index in [0.717, 1.165) is 12.8 Å². The van der Waals surface area contributed by atoms with Crippen molar-refractivity contribution >= 4 is 10.0 Å². The first-order valence-corrected chi connectivity index (χ1v) is 7.76. The predicted molar refractivity (Wildman–Crippen MR) is 68.7 cm³/mol. The Morgan fingerprint density at radius 2 is 2.00 bits per heavy atom. The Labute approximate surface area is 108 Å². The molecule has 0 aromatic carbocycles. The molecule has 0 radical (unpaired) electrons. The Bertz CT molecular complexity index is 487. The van der Waals surface area contributed by atoms with Crippen molar-refractivity contribution in [1.82, 2.24) is 9.62 Å². The molecule has 102 valence electrons. The molecule has 0 bridgehead atoms. The maximum atomic E-state index is 12.2. The van der Waals surface area contributed by atoms with E-state index >= 15 is 0 Å². The van der Waals surface area contributed by atoms with Gasteiger partial charge in [0, 0.05) is 19.1 Å². The molecular formula is C12H20N2O3S. The Balaban J connectivity index is 2.09. The third-order valence-corrected chi connectivity index (χ3v) is 4.75. The fraction of sp³-hybridized carbons (Fsp3) is 0.667. The monoisotopic (exact) mass is 272 g/mol. The lowest BCUT2D eigenvalue weighted by Gasteiger charge is -2.12. The minimum atomic E-state index is -3.42. The summed E-state index contributed by atoms with van der Waals surface area (Å²) in [5.41, 5.74) is 0. The fourth-order valence-corrected chi connectivity index (χ4v) is 3.40. The number of hydrogen-bond donors (Lipinski definition) is 1. The normalized spacial score (nSPS) is 17.7. The molecule has 1 saturated heterocycles. The van der Waals surface area contributed by atoms with Crippen molar-refractivity contribution in [2.24, 2.45) is 0 Å². The van der Waals surface area contributed by atoms with E-state index in [2.05, 4.69) is 5.32 Å². The molecule has 2 rings (SSSR count). The zero-order valence-electron chi connectivity index (χ0n) is 10.8. The molecule has 0 saturated carbocycles. The van der Waals surface area contributed by atoms with Crippen molar-refractivity contribution in [1.29, 1.82) is 0 Å². The van der Waals surface area contributed by atoms with Gasteiger partial charge < -0.3 is 9.73 Å². The first-order chi connectivity index (χ1) is 8.50. The minimum Gasteiger partial charge on any atom is -0.447 e. The van der Waals surface area contributed by atoms with Crippen LogP contribution in [-0.2, 0) is 16.6 Å². The Morgan fingerprint density at radius 1 is 1.33 bits per heavy atom. The summed E-state index contributed by atoms with van der Waals surface area (Å²) in [5.74, 6) is 0.654. The zero-order valence-corrected chi connectivity index (χ0v) is 11.7. The van der Waals surface area contributed by atoms with Gasteiger partial charge in [0.1, 0.15) is 5.76 Å². The maximum absolute atomic E-state index is 12.2. The Kier molecular flexibility index (Phi) is 4.09. The van der Waals surface area contributed by atoms with Crippen molar-refractivity contribution in [3.8, 4) is 0 Å². The van der Waals surface area contributed by atoms with Crippen LogP contribution < -0.4 is 5.32 Å². The van der Waals surface area contributed by atoms with Gasteiger partial charge in [0.25, 0.3) is 10.0 Å². The molecule has 5 nitrogen and oxygen atoms in total. The highest BCUT2D eigenvalue weighted by Crippen LogP contribution is 2.22. The zero-order chi connectivity index (χ0) is 13.2. The largest absolute Gasteiger partial charge is 0.447 e. The van der Waals surface area contributed by atoms with Crippen molar-refractivity contribution in [3.05, 3.63) is 17.9 Å². The lowest BCUT2D eigenvalue weighted by Crippen LogP contribution is -2.27. The first kappa shape index (κ1) is 13.6. The van der Waals surface area contributed by atoms with Crippen LogP contribution in [0.3, 0.4) is 0 Å². The maximum Gasteiger partial charge on any atom is 0.276 e. The van der Waals surface area contributed by atoms with Gasteiger partial charge in [0.2, 0.25) is 5.09 Å². The number of sulfonamides is 1. The summed E-state index contributed by atoms with van der Waals surface area (Å²) in [6.07, 6.45) is 1.86. The van der Waals surface area contributed by atoms with Crippen LogP contribution >= 0.6 is 0 Å². The summed E-state index contributed by atoms with van der Waals surface area (Å²) in [6.45, 7) is 5.81. The highest BCUT2D eigenvalue weighted by Gasteiger charge is 2.29. The molecule has 6 heteroatoms. The van der Waals surface area contributed by atoms with E-state index in [4.69, 9.17) is 4.42 Å². The van der Waals surface area contributed by atoms with Gasteiger partial charge in [-0.05, 0) is 25.0 Å². The van der Waals surface area contributed by atoms with E-state index in [9.17, 15) is 8.42 Å². The predicted octanol–water partition coefficient (Wildman–Crippen LogP) is 1.56. The van der Waals surface area contributed by atoms with E-state index in [1.165, 1.54) is 4.31 Å². The van der Waals surface area contributed by atoms with Gasteiger partial charge in [-0.3, -0.25) is 0 Å². The van der Waals surface area contributed by atoms with Crippen molar-refractivity contribution < 1.29 is 12.8 Å². The number of furan rings is 1. The van der Waals surface area contributed by atoms with Gasteiger partial charge in [-0.1, -0.05) is 13.8 Å². The van der Waals surface area contributed by atoms with Crippen molar-refractivity contribution in [2.45, 2.75) is 44.4 Å².